The minimum atomic E-state index is -3.90. The summed E-state index contributed by atoms with van der Waals surface area (Å²) in [7, 11) is -3.90. The fourth-order valence-electron chi connectivity index (χ4n) is 3.55. The average molecular weight is 499 g/mol. The lowest BCUT2D eigenvalue weighted by molar-refractivity contribution is -0.141. The van der Waals surface area contributed by atoms with Crippen LogP contribution in [0.5, 0.6) is 0 Å². The number of carbonyl (C=O) groups excluding carboxylic acids is 3. The van der Waals surface area contributed by atoms with Crippen LogP contribution in [0.25, 0.3) is 0 Å². The molecule has 1 aliphatic rings. The number of Topliss-reactive ketones (excluding diaryl/α,β-unsaturated/α-hetero) is 1. The molecule has 0 aromatic heterocycles. The summed E-state index contributed by atoms with van der Waals surface area (Å²) in [5.41, 5.74) is 1.01. The molecule has 0 radical (unpaired) electrons. The second-order valence-corrected chi connectivity index (χ2v) is 9.41. The Labute approximate surface area is 198 Å². The van der Waals surface area contributed by atoms with Gasteiger partial charge in [0.15, 0.2) is 5.78 Å². The topological polar surface area (TPSA) is 128 Å². The molecule has 0 fully saturated rings. The van der Waals surface area contributed by atoms with Crippen LogP contribution in [0.1, 0.15) is 39.2 Å². The fourth-order valence-corrected chi connectivity index (χ4v) is 4.83. The van der Waals surface area contributed by atoms with E-state index < -0.39 is 39.4 Å². The first-order chi connectivity index (χ1) is 15.5. The third-order valence-corrected chi connectivity index (χ3v) is 6.48. The van der Waals surface area contributed by atoms with Gasteiger partial charge in [0, 0.05) is 35.7 Å². The highest BCUT2D eigenvalue weighted by Gasteiger charge is 2.40. The molecule has 1 unspecified atom stereocenters. The highest BCUT2D eigenvalue weighted by atomic mass is 35.5. The number of rotatable bonds is 10. The molecule has 0 saturated carbocycles. The maximum absolute atomic E-state index is 13.3. The summed E-state index contributed by atoms with van der Waals surface area (Å²) in [4.78, 5) is 37.7. The number of hydrogen-bond donors (Lipinski definition) is 2. The first kappa shape index (κ1) is 26.6. The molecule has 1 atom stereocenters. The standard InChI is InChI=1S/C22H27ClN2O7S/c1-5-24-33(29,30)12-18(27)19-13(3)25-17(11-32-14(4)26)21(22(28)31-6-2)20(19)15-9-7-8-10-16(15)23/h7-10,20,24-25H,5-6,11-12H2,1-4H3. The molecule has 1 aromatic rings. The van der Waals surface area contributed by atoms with Crippen LogP contribution in [-0.4, -0.2) is 51.7 Å². The number of esters is 2. The van der Waals surface area contributed by atoms with Gasteiger partial charge in [-0.25, -0.2) is 17.9 Å². The van der Waals surface area contributed by atoms with Crippen LogP contribution in [0.4, 0.5) is 0 Å². The van der Waals surface area contributed by atoms with E-state index >= 15 is 0 Å². The number of ketones is 1. The van der Waals surface area contributed by atoms with Gasteiger partial charge in [0.1, 0.15) is 12.4 Å². The van der Waals surface area contributed by atoms with Crippen LogP contribution >= 0.6 is 11.6 Å². The van der Waals surface area contributed by atoms with Crippen molar-refractivity contribution in [2.45, 2.75) is 33.6 Å². The number of nitrogens with one attached hydrogen (secondary N) is 2. The number of benzene rings is 1. The van der Waals surface area contributed by atoms with Crippen molar-refractivity contribution in [3.05, 3.63) is 57.4 Å². The van der Waals surface area contributed by atoms with Gasteiger partial charge in [0.05, 0.1) is 17.9 Å². The quantitative estimate of drug-likeness (QED) is 0.470. The number of ether oxygens (including phenoxy) is 2. The lowest BCUT2D eigenvalue weighted by Crippen LogP contribution is -2.37. The first-order valence-corrected chi connectivity index (χ1v) is 12.3. The molecular formula is C22H27ClN2O7S. The van der Waals surface area contributed by atoms with Gasteiger partial charge in [0.25, 0.3) is 0 Å². The summed E-state index contributed by atoms with van der Waals surface area (Å²) in [5, 5.41) is 3.20. The fraction of sp³-hybridized carbons (Fsp3) is 0.409. The zero-order chi connectivity index (χ0) is 24.8. The Hall–Kier alpha value is -2.69. The Bertz CT molecular complexity index is 1110. The van der Waals surface area contributed by atoms with E-state index in [4.69, 9.17) is 21.1 Å². The van der Waals surface area contributed by atoms with Crippen molar-refractivity contribution in [3.63, 3.8) is 0 Å². The molecule has 33 heavy (non-hydrogen) atoms. The molecule has 11 heteroatoms. The van der Waals surface area contributed by atoms with Gasteiger partial charge in [-0.1, -0.05) is 36.7 Å². The minimum Gasteiger partial charge on any atom is -0.463 e. The Morgan fingerprint density at radius 1 is 1.12 bits per heavy atom. The van der Waals surface area contributed by atoms with Crippen LogP contribution < -0.4 is 10.0 Å². The Morgan fingerprint density at radius 2 is 1.79 bits per heavy atom. The van der Waals surface area contributed by atoms with E-state index in [2.05, 4.69) is 10.0 Å². The molecule has 1 aliphatic heterocycles. The molecule has 2 rings (SSSR count). The van der Waals surface area contributed by atoms with Crippen molar-refractivity contribution in [1.29, 1.82) is 0 Å². The largest absolute Gasteiger partial charge is 0.463 e. The summed E-state index contributed by atoms with van der Waals surface area (Å²) in [6.45, 7) is 5.93. The predicted molar refractivity (Wildman–Crippen MR) is 123 cm³/mol. The van der Waals surface area contributed by atoms with Gasteiger partial charge in [0.2, 0.25) is 10.0 Å². The summed E-state index contributed by atoms with van der Waals surface area (Å²) >= 11 is 6.44. The van der Waals surface area contributed by atoms with Gasteiger partial charge in [-0.15, -0.1) is 0 Å². The number of allylic oxidation sites excluding steroid dienone is 2. The van der Waals surface area contributed by atoms with Gasteiger partial charge >= 0.3 is 11.9 Å². The normalized spacial score (nSPS) is 16.3. The van der Waals surface area contributed by atoms with E-state index in [0.29, 0.717) is 11.3 Å². The van der Waals surface area contributed by atoms with Crippen LogP contribution in [-0.2, 0) is 33.9 Å². The van der Waals surface area contributed by atoms with Crippen LogP contribution in [0.15, 0.2) is 46.8 Å². The Balaban J connectivity index is 2.72. The maximum Gasteiger partial charge on any atom is 0.336 e. The molecule has 0 aliphatic carbocycles. The van der Waals surface area contributed by atoms with Crippen molar-refractivity contribution in [3.8, 4) is 0 Å². The molecule has 0 saturated heterocycles. The predicted octanol–water partition coefficient (Wildman–Crippen LogP) is 2.19. The summed E-state index contributed by atoms with van der Waals surface area (Å²) in [6.07, 6.45) is 0. The van der Waals surface area contributed by atoms with E-state index in [1.54, 1.807) is 45.0 Å². The second kappa shape index (κ2) is 11.4. The zero-order valence-corrected chi connectivity index (χ0v) is 20.4. The third-order valence-electron chi connectivity index (χ3n) is 4.76. The molecule has 0 bridgehead atoms. The van der Waals surface area contributed by atoms with Gasteiger partial charge in [-0.05, 0) is 25.5 Å². The number of hydrogen-bond acceptors (Lipinski definition) is 8. The monoisotopic (exact) mass is 498 g/mol. The van der Waals surface area contributed by atoms with Crippen LogP contribution in [0, 0.1) is 0 Å². The van der Waals surface area contributed by atoms with Crippen molar-refractivity contribution in [2.75, 3.05) is 25.5 Å². The van der Waals surface area contributed by atoms with Crippen molar-refractivity contribution >= 4 is 39.3 Å². The highest BCUT2D eigenvalue weighted by molar-refractivity contribution is 7.90. The molecule has 1 heterocycles. The maximum atomic E-state index is 13.3. The number of carbonyl (C=O) groups is 3. The number of dihydropyridines is 1. The van der Waals surface area contributed by atoms with Crippen molar-refractivity contribution in [1.82, 2.24) is 10.0 Å². The van der Waals surface area contributed by atoms with Gasteiger partial charge < -0.3 is 14.8 Å². The molecule has 1 aromatic carbocycles. The molecule has 2 N–H and O–H groups in total. The zero-order valence-electron chi connectivity index (χ0n) is 18.9. The third kappa shape index (κ3) is 6.66. The Kier molecular flexibility index (Phi) is 9.21. The van der Waals surface area contributed by atoms with E-state index in [0.717, 1.165) is 0 Å². The summed E-state index contributed by atoms with van der Waals surface area (Å²) in [5.74, 6) is -3.87. The van der Waals surface area contributed by atoms with Crippen LogP contribution in [0.3, 0.4) is 0 Å². The molecule has 180 valence electrons. The van der Waals surface area contributed by atoms with Crippen molar-refractivity contribution in [2.24, 2.45) is 0 Å². The molecular weight excluding hydrogens is 472 g/mol. The highest BCUT2D eigenvalue weighted by Crippen LogP contribution is 2.42. The summed E-state index contributed by atoms with van der Waals surface area (Å²) < 4.78 is 37.2. The summed E-state index contributed by atoms with van der Waals surface area (Å²) in [6, 6.07) is 6.61. The molecule has 9 nitrogen and oxygen atoms in total. The van der Waals surface area contributed by atoms with E-state index in [1.165, 1.54) is 6.92 Å². The van der Waals surface area contributed by atoms with Gasteiger partial charge in [-0.3, -0.25) is 9.59 Å². The number of halogens is 1. The van der Waals surface area contributed by atoms with E-state index in [-0.39, 0.29) is 41.6 Å². The lowest BCUT2D eigenvalue weighted by Gasteiger charge is -2.32. The number of sulfonamides is 1. The Morgan fingerprint density at radius 3 is 2.36 bits per heavy atom. The van der Waals surface area contributed by atoms with Crippen molar-refractivity contribution < 1.29 is 32.3 Å². The minimum absolute atomic E-state index is 0.0148. The van der Waals surface area contributed by atoms with E-state index in [9.17, 15) is 22.8 Å². The molecule has 0 spiro atoms. The van der Waals surface area contributed by atoms with Crippen LogP contribution in [0.2, 0.25) is 5.02 Å². The average Bonchev–Trinajstić information content (AvgIpc) is 2.71. The van der Waals surface area contributed by atoms with E-state index in [1.807, 2.05) is 0 Å². The van der Waals surface area contributed by atoms with Gasteiger partial charge in [-0.2, -0.15) is 0 Å². The smallest absolute Gasteiger partial charge is 0.336 e. The first-order valence-electron chi connectivity index (χ1n) is 10.3. The lowest BCUT2D eigenvalue weighted by atomic mass is 9.79. The SMILES string of the molecule is CCNS(=O)(=O)CC(=O)C1=C(C)NC(COC(C)=O)=C(C(=O)OCC)C1c1ccccc1Cl. The molecule has 0 amide bonds. The second-order valence-electron chi connectivity index (χ2n) is 7.19.